The van der Waals surface area contributed by atoms with Gasteiger partial charge in [0.05, 0.1) is 53.8 Å². The molecule has 8 nitrogen and oxygen atoms in total. The van der Waals surface area contributed by atoms with Gasteiger partial charge in [0.2, 0.25) is 0 Å². The summed E-state index contributed by atoms with van der Waals surface area (Å²) in [7, 11) is 1.54. The number of hydrogen-bond acceptors (Lipinski definition) is 6. The molecule has 0 saturated heterocycles. The molecule has 5 rings (SSSR count). The average Bonchev–Trinajstić information content (AvgIpc) is 3.42. The molecule has 11 heteroatoms. The minimum Gasteiger partial charge on any atom is -0.495 e. The minimum atomic E-state index is -4.45. The van der Waals surface area contributed by atoms with Crippen LogP contribution in [-0.4, -0.2) is 50.2 Å². The molecule has 1 aliphatic heterocycles. The van der Waals surface area contributed by atoms with Crippen LogP contribution in [0.25, 0.3) is 11.3 Å². The summed E-state index contributed by atoms with van der Waals surface area (Å²) >= 11 is 0. The molecule has 0 bridgehead atoms. The second kappa shape index (κ2) is 8.04. The Morgan fingerprint density at radius 1 is 1.23 bits per heavy atom. The molecule has 4 heterocycles. The number of aryl methyl sites for hydroxylation is 1. The number of alkyl halides is 3. The van der Waals surface area contributed by atoms with E-state index >= 15 is 0 Å². The lowest BCUT2D eigenvalue weighted by Crippen LogP contribution is -2.43. The van der Waals surface area contributed by atoms with E-state index in [0.29, 0.717) is 40.2 Å². The molecule has 3 atom stereocenters. The van der Waals surface area contributed by atoms with Crippen LogP contribution >= 0.6 is 0 Å². The van der Waals surface area contributed by atoms with Crippen molar-refractivity contribution in [2.45, 2.75) is 51.1 Å². The molecular weight excluding hydrogens is 463 g/mol. The standard InChI is InChI=1S/C24H24F3N5O3/c1-13-4-18(15-5-17(35-3)10-28-8-15)30-21-20(13)22(34)32(23(21)6-14(2)19(33)7-23)16-9-29-31(11-16)12-24(25,26)27/h4-5,8-11,14,19,33H,6-7,12H2,1-3H3. The third-order valence-corrected chi connectivity index (χ3v) is 6.83. The highest BCUT2D eigenvalue weighted by molar-refractivity contribution is 6.12. The zero-order chi connectivity index (χ0) is 25.1. The molecule has 3 unspecified atom stereocenters. The highest BCUT2D eigenvalue weighted by atomic mass is 19.4. The van der Waals surface area contributed by atoms with Gasteiger partial charge in [-0.15, -0.1) is 0 Å². The first-order valence-electron chi connectivity index (χ1n) is 11.2. The number of hydrogen-bond donors (Lipinski definition) is 1. The molecule has 184 valence electrons. The third kappa shape index (κ3) is 3.83. The van der Waals surface area contributed by atoms with Crippen molar-refractivity contribution < 1.29 is 27.8 Å². The van der Waals surface area contributed by atoms with Crippen LogP contribution in [0, 0.1) is 12.8 Å². The minimum absolute atomic E-state index is 0.147. The molecule has 3 aromatic heterocycles. The Bertz CT molecular complexity index is 1300. The van der Waals surface area contributed by atoms with Gasteiger partial charge >= 0.3 is 6.18 Å². The van der Waals surface area contributed by atoms with E-state index in [1.165, 1.54) is 24.4 Å². The second-order valence-electron chi connectivity index (χ2n) is 9.30. The van der Waals surface area contributed by atoms with E-state index < -0.39 is 24.4 Å². The Hall–Kier alpha value is -3.47. The van der Waals surface area contributed by atoms with E-state index in [4.69, 9.17) is 9.72 Å². The topological polar surface area (TPSA) is 93.4 Å². The summed E-state index contributed by atoms with van der Waals surface area (Å²) in [5, 5.41) is 14.6. The quantitative estimate of drug-likeness (QED) is 0.601. The van der Waals surface area contributed by atoms with Gasteiger partial charge in [0.25, 0.3) is 5.91 Å². The summed E-state index contributed by atoms with van der Waals surface area (Å²) in [6.45, 7) is 2.42. The average molecular weight is 487 g/mol. The van der Waals surface area contributed by atoms with Gasteiger partial charge in [-0.2, -0.15) is 18.3 Å². The van der Waals surface area contributed by atoms with Crippen molar-refractivity contribution in [2.24, 2.45) is 5.92 Å². The van der Waals surface area contributed by atoms with Crippen LogP contribution < -0.4 is 9.64 Å². The van der Waals surface area contributed by atoms with Gasteiger partial charge in [0, 0.05) is 24.4 Å². The summed E-state index contributed by atoms with van der Waals surface area (Å²) in [6.07, 6.45) is 1.16. The van der Waals surface area contributed by atoms with Crippen molar-refractivity contribution in [2.75, 3.05) is 12.0 Å². The fourth-order valence-corrected chi connectivity index (χ4v) is 5.29. The maximum Gasteiger partial charge on any atom is 0.408 e. The molecule has 35 heavy (non-hydrogen) atoms. The molecule has 1 spiro atoms. The van der Waals surface area contributed by atoms with Gasteiger partial charge in [-0.1, -0.05) is 6.92 Å². The van der Waals surface area contributed by atoms with E-state index in [1.54, 1.807) is 31.5 Å². The van der Waals surface area contributed by atoms with E-state index in [-0.39, 0.29) is 23.9 Å². The first-order chi connectivity index (χ1) is 16.5. The van der Waals surface area contributed by atoms with E-state index in [9.17, 15) is 23.1 Å². The lowest BCUT2D eigenvalue weighted by atomic mass is 9.89. The number of fused-ring (bicyclic) bond motifs is 2. The maximum atomic E-state index is 13.7. The zero-order valence-corrected chi connectivity index (χ0v) is 19.4. The smallest absolute Gasteiger partial charge is 0.408 e. The van der Waals surface area contributed by atoms with Crippen molar-refractivity contribution in [3.8, 4) is 17.0 Å². The molecular formula is C24H24F3N5O3. The van der Waals surface area contributed by atoms with Crippen molar-refractivity contribution in [3.63, 3.8) is 0 Å². The number of pyridine rings is 2. The van der Waals surface area contributed by atoms with Crippen molar-refractivity contribution in [1.82, 2.24) is 19.7 Å². The number of carbonyl (C=O) groups excluding carboxylic acids is 1. The van der Waals surface area contributed by atoms with Crippen LogP contribution in [0.15, 0.2) is 36.9 Å². The largest absolute Gasteiger partial charge is 0.495 e. The van der Waals surface area contributed by atoms with Gasteiger partial charge in [-0.25, -0.2) is 4.98 Å². The predicted molar refractivity (Wildman–Crippen MR) is 120 cm³/mol. The van der Waals surface area contributed by atoms with Gasteiger partial charge in [-0.05, 0) is 37.0 Å². The van der Waals surface area contributed by atoms with Crippen LogP contribution in [0.5, 0.6) is 5.75 Å². The molecule has 1 amide bonds. The molecule has 1 N–H and O–H groups in total. The molecule has 1 saturated carbocycles. The lowest BCUT2D eigenvalue weighted by molar-refractivity contribution is -0.142. The Morgan fingerprint density at radius 3 is 2.66 bits per heavy atom. The van der Waals surface area contributed by atoms with Crippen molar-refractivity contribution in [3.05, 3.63) is 53.7 Å². The summed E-state index contributed by atoms with van der Waals surface area (Å²) in [6, 6.07) is 3.57. The van der Waals surface area contributed by atoms with Gasteiger partial charge in [0.1, 0.15) is 12.3 Å². The second-order valence-corrected chi connectivity index (χ2v) is 9.30. The number of rotatable bonds is 4. The van der Waals surface area contributed by atoms with Gasteiger partial charge < -0.3 is 9.84 Å². The highest BCUT2D eigenvalue weighted by Crippen LogP contribution is 2.53. The Kier molecular flexibility index (Phi) is 5.35. The number of ether oxygens (including phenoxy) is 1. The van der Waals surface area contributed by atoms with Crippen LogP contribution in [0.4, 0.5) is 18.9 Å². The SMILES string of the molecule is COc1cncc(-c2cc(C)c3c(n2)C2(CC(C)C(O)C2)N(c2cnn(CC(F)(F)F)c2)C3=O)c1. The number of aliphatic hydroxyl groups excluding tert-OH is 1. The first-order valence-corrected chi connectivity index (χ1v) is 11.2. The number of aromatic nitrogens is 4. The third-order valence-electron chi connectivity index (χ3n) is 6.83. The normalized spacial score (nSPS) is 23.9. The Balaban J connectivity index is 1.66. The first kappa shape index (κ1) is 23.3. The van der Waals surface area contributed by atoms with Crippen LogP contribution in [0.1, 0.15) is 41.4 Å². The number of aliphatic hydroxyl groups is 1. The summed E-state index contributed by atoms with van der Waals surface area (Å²) < 4.78 is 44.8. The Morgan fingerprint density at radius 2 is 2.00 bits per heavy atom. The number of carbonyl (C=O) groups is 1. The monoisotopic (exact) mass is 487 g/mol. The van der Waals surface area contributed by atoms with Gasteiger partial charge in [0.15, 0.2) is 0 Å². The van der Waals surface area contributed by atoms with Crippen molar-refractivity contribution in [1.29, 1.82) is 0 Å². The number of amides is 1. The van der Waals surface area contributed by atoms with E-state index in [1.807, 2.05) is 6.92 Å². The number of nitrogens with zero attached hydrogens (tertiary/aromatic N) is 5. The lowest BCUT2D eigenvalue weighted by Gasteiger charge is -2.34. The van der Waals surface area contributed by atoms with E-state index in [0.717, 1.165) is 4.68 Å². The van der Waals surface area contributed by atoms with Crippen LogP contribution in [0.3, 0.4) is 0 Å². The summed E-state index contributed by atoms with van der Waals surface area (Å²) in [5.74, 6) is 0.0377. The number of anilines is 1. The maximum absolute atomic E-state index is 13.7. The molecule has 2 aliphatic rings. The van der Waals surface area contributed by atoms with Crippen LogP contribution in [0.2, 0.25) is 0 Å². The fraction of sp³-hybridized carbons (Fsp3) is 0.417. The summed E-state index contributed by atoms with van der Waals surface area (Å²) in [4.78, 5) is 24.3. The van der Waals surface area contributed by atoms with Gasteiger partial charge in [-0.3, -0.25) is 19.4 Å². The molecule has 0 radical (unpaired) electrons. The molecule has 0 aromatic carbocycles. The highest BCUT2D eigenvalue weighted by Gasteiger charge is 2.58. The Labute approximate surface area is 199 Å². The molecule has 1 aliphatic carbocycles. The van der Waals surface area contributed by atoms with E-state index in [2.05, 4.69) is 10.1 Å². The van der Waals surface area contributed by atoms with Crippen molar-refractivity contribution >= 4 is 11.6 Å². The number of methoxy groups -OCH3 is 1. The molecule has 3 aromatic rings. The number of halogens is 3. The van der Waals surface area contributed by atoms with Crippen LogP contribution in [-0.2, 0) is 12.1 Å². The predicted octanol–water partition coefficient (Wildman–Crippen LogP) is 3.87. The summed E-state index contributed by atoms with van der Waals surface area (Å²) in [5.41, 5.74) is 2.09. The zero-order valence-electron chi connectivity index (χ0n) is 19.4. The fourth-order valence-electron chi connectivity index (χ4n) is 5.29. The molecule has 1 fully saturated rings.